The third-order valence-corrected chi connectivity index (χ3v) is 3.83. The topological polar surface area (TPSA) is 84.3 Å². The standard InChI is InChI=1S/C13H23N3O4/c17-8-7-14-3-5-15(6-4-14)13(20)16(10-12(18)19)9-11-1-2-11/h11,17H,1-10H2,(H,18,19). The molecule has 2 rings (SSSR count). The number of rotatable bonds is 6. The van der Waals surface area contributed by atoms with Crippen LogP contribution < -0.4 is 0 Å². The number of carboxylic acids is 1. The maximum absolute atomic E-state index is 12.4. The maximum Gasteiger partial charge on any atom is 0.323 e. The van der Waals surface area contributed by atoms with Crippen molar-refractivity contribution in [2.75, 3.05) is 52.4 Å². The molecule has 0 aromatic heterocycles. The number of hydrogen-bond donors (Lipinski definition) is 2. The molecule has 114 valence electrons. The minimum Gasteiger partial charge on any atom is -0.480 e. The average Bonchev–Trinajstić information content (AvgIpc) is 3.22. The van der Waals surface area contributed by atoms with Crippen LogP contribution in [0.1, 0.15) is 12.8 Å². The molecule has 0 bridgehead atoms. The number of carbonyl (C=O) groups excluding carboxylic acids is 1. The first-order valence-corrected chi connectivity index (χ1v) is 7.19. The number of β-amino-alcohol motifs (C(OH)–C–C–N with tert-alkyl or cyclic N) is 1. The predicted molar refractivity (Wildman–Crippen MR) is 72.4 cm³/mol. The molecule has 0 aromatic carbocycles. The number of hydrogen-bond acceptors (Lipinski definition) is 4. The van der Waals surface area contributed by atoms with Crippen molar-refractivity contribution >= 4 is 12.0 Å². The van der Waals surface area contributed by atoms with Crippen LogP contribution in [0.4, 0.5) is 4.79 Å². The number of amides is 2. The van der Waals surface area contributed by atoms with Crippen LogP contribution in [0.3, 0.4) is 0 Å². The molecule has 20 heavy (non-hydrogen) atoms. The highest BCUT2D eigenvalue weighted by Crippen LogP contribution is 2.30. The molecule has 1 saturated heterocycles. The third kappa shape index (κ3) is 4.35. The van der Waals surface area contributed by atoms with Gasteiger partial charge in [-0.05, 0) is 18.8 Å². The first-order chi connectivity index (χ1) is 9.60. The Balaban J connectivity index is 1.85. The third-order valence-electron chi connectivity index (χ3n) is 3.83. The molecule has 0 radical (unpaired) electrons. The second-order valence-corrected chi connectivity index (χ2v) is 5.55. The molecule has 1 heterocycles. The van der Waals surface area contributed by atoms with Gasteiger partial charge >= 0.3 is 12.0 Å². The van der Waals surface area contributed by atoms with Gasteiger partial charge in [0.15, 0.2) is 0 Å². The summed E-state index contributed by atoms with van der Waals surface area (Å²) < 4.78 is 0. The van der Waals surface area contributed by atoms with E-state index in [1.54, 1.807) is 4.90 Å². The van der Waals surface area contributed by atoms with Crippen molar-refractivity contribution in [3.8, 4) is 0 Å². The van der Waals surface area contributed by atoms with Gasteiger partial charge in [-0.1, -0.05) is 0 Å². The van der Waals surface area contributed by atoms with E-state index in [2.05, 4.69) is 4.90 Å². The minimum absolute atomic E-state index is 0.126. The summed E-state index contributed by atoms with van der Waals surface area (Å²) in [5.74, 6) is -0.480. The first-order valence-electron chi connectivity index (χ1n) is 7.19. The van der Waals surface area contributed by atoms with Crippen molar-refractivity contribution in [3.63, 3.8) is 0 Å². The van der Waals surface area contributed by atoms with Crippen molar-refractivity contribution in [3.05, 3.63) is 0 Å². The number of nitrogens with zero attached hydrogens (tertiary/aromatic N) is 3. The minimum atomic E-state index is -0.960. The van der Waals surface area contributed by atoms with Crippen molar-refractivity contribution in [2.24, 2.45) is 5.92 Å². The van der Waals surface area contributed by atoms with Gasteiger partial charge in [0.25, 0.3) is 0 Å². The summed E-state index contributed by atoms with van der Waals surface area (Å²) in [6.07, 6.45) is 2.18. The zero-order valence-corrected chi connectivity index (χ0v) is 11.7. The SMILES string of the molecule is O=C(O)CN(CC1CC1)C(=O)N1CCN(CCO)CC1. The summed E-state index contributed by atoms with van der Waals surface area (Å²) in [6.45, 7) is 3.75. The van der Waals surface area contributed by atoms with Crippen LogP contribution in [0.15, 0.2) is 0 Å². The molecule has 2 fully saturated rings. The molecular formula is C13H23N3O4. The Morgan fingerprint density at radius 3 is 2.30 bits per heavy atom. The smallest absolute Gasteiger partial charge is 0.323 e. The molecule has 7 heteroatoms. The van der Waals surface area contributed by atoms with Crippen LogP contribution in [0, 0.1) is 5.92 Å². The van der Waals surface area contributed by atoms with E-state index in [1.165, 1.54) is 4.90 Å². The fraction of sp³-hybridized carbons (Fsp3) is 0.846. The van der Waals surface area contributed by atoms with E-state index in [1.807, 2.05) is 0 Å². The van der Waals surface area contributed by atoms with Crippen LogP contribution in [0.25, 0.3) is 0 Å². The van der Waals surface area contributed by atoms with E-state index in [9.17, 15) is 9.59 Å². The number of urea groups is 1. The largest absolute Gasteiger partial charge is 0.480 e. The van der Waals surface area contributed by atoms with Gasteiger partial charge in [-0.15, -0.1) is 0 Å². The van der Waals surface area contributed by atoms with Gasteiger partial charge in [0.1, 0.15) is 6.54 Å². The van der Waals surface area contributed by atoms with E-state index in [4.69, 9.17) is 10.2 Å². The molecule has 1 aliphatic heterocycles. The van der Waals surface area contributed by atoms with Crippen molar-refractivity contribution in [1.82, 2.24) is 14.7 Å². The van der Waals surface area contributed by atoms with E-state index in [-0.39, 0.29) is 19.2 Å². The number of aliphatic hydroxyl groups is 1. The molecule has 2 amide bonds. The highest BCUT2D eigenvalue weighted by Gasteiger charge is 2.31. The van der Waals surface area contributed by atoms with Crippen molar-refractivity contribution in [1.29, 1.82) is 0 Å². The number of piperazine rings is 1. The Bertz CT molecular complexity index is 352. The Labute approximate surface area is 118 Å². The summed E-state index contributed by atoms with van der Waals surface area (Å²) in [5, 5.41) is 17.8. The summed E-state index contributed by atoms with van der Waals surface area (Å²) in [6, 6.07) is -0.164. The zero-order chi connectivity index (χ0) is 14.5. The average molecular weight is 285 g/mol. The maximum atomic E-state index is 12.4. The fourth-order valence-corrected chi connectivity index (χ4v) is 2.49. The monoisotopic (exact) mass is 285 g/mol. The molecule has 7 nitrogen and oxygen atoms in total. The molecule has 0 aromatic rings. The zero-order valence-electron chi connectivity index (χ0n) is 11.7. The van der Waals surface area contributed by atoms with Crippen molar-refractivity contribution in [2.45, 2.75) is 12.8 Å². The number of carboxylic acid groups (broad SMARTS) is 1. The summed E-state index contributed by atoms with van der Waals surface area (Å²) in [7, 11) is 0. The number of aliphatic hydroxyl groups excluding tert-OH is 1. The summed E-state index contributed by atoms with van der Waals surface area (Å²) in [4.78, 5) is 28.6. The molecular weight excluding hydrogens is 262 g/mol. The van der Waals surface area contributed by atoms with Crippen LogP contribution in [0.5, 0.6) is 0 Å². The van der Waals surface area contributed by atoms with Gasteiger partial charge in [0.05, 0.1) is 6.61 Å². The Morgan fingerprint density at radius 1 is 1.15 bits per heavy atom. The fourth-order valence-electron chi connectivity index (χ4n) is 2.49. The normalized spacial score (nSPS) is 19.9. The van der Waals surface area contributed by atoms with Crippen LogP contribution in [-0.4, -0.2) is 89.3 Å². The van der Waals surface area contributed by atoms with E-state index in [0.717, 1.165) is 25.9 Å². The Morgan fingerprint density at radius 2 is 1.80 bits per heavy atom. The van der Waals surface area contributed by atoms with E-state index in [0.29, 0.717) is 32.1 Å². The van der Waals surface area contributed by atoms with Gasteiger partial charge in [0, 0.05) is 39.3 Å². The van der Waals surface area contributed by atoms with E-state index < -0.39 is 5.97 Å². The first kappa shape index (κ1) is 15.1. The van der Waals surface area contributed by atoms with Gasteiger partial charge < -0.3 is 20.0 Å². The molecule has 2 aliphatic rings. The number of aliphatic carboxylic acids is 1. The molecule has 0 spiro atoms. The Kier molecular flexibility index (Phi) is 5.19. The lowest BCUT2D eigenvalue weighted by Crippen LogP contribution is -2.54. The summed E-state index contributed by atoms with van der Waals surface area (Å²) in [5.41, 5.74) is 0. The number of carbonyl (C=O) groups is 2. The predicted octanol–water partition coefficient (Wildman–Crippen LogP) is -0.487. The van der Waals surface area contributed by atoms with Crippen molar-refractivity contribution < 1.29 is 19.8 Å². The second-order valence-electron chi connectivity index (χ2n) is 5.55. The van der Waals surface area contributed by atoms with Crippen LogP contribution >= 0.6 is 0 Å². The van der Waals surface area contributed by atoms with Crippen LogP contribution in [0.2, 0.25) is 0 Å². The molecule has 1 saturated carbocycles. The molecule has 2 N–H and O–H groups in total. The molecule has 0 atom stereocenters. The second kappa shape index (κ2) is 6.90. The van der Waals surface area contributed by atoms with Crippen LogP contribution in [-0.2, 0) is 4.79 Å². The van der Waals surface area contributed by atoms with Gasteiger partial charge in [-0.2, -0.15) is 0 Å². The highest BCUT2D eigenvalue weighted by atomic mass is 16.4. The van der Waals surface area contributed by atoms with E-state index >= 15 is 0 Å². The summed E-state index contributed by atoms with van der Waals surface area (Å²) >= 11 is 0. The lowest BCUT2D eigenvalue weighted by Gasteiger charge is -2.37. The molecule has 0 unspecified atom stereocenters. The van der Waals surface area contributed by atoms with Gasteiger partial charge in [-0.3, -0.25) is 9.69 Å². The van der Waals surface area contributed by atoms with Gasteiger partial charge in [-0.25, -0.2) is 4.79 Å². The molecule has 1 aliphatic carbocycles. The van der Waals surface area contributed by atoms with Gasteiger partial charge in [0.2, 0.25) is 0 Å². The Hall–Kier alpha value is -1.34. The highest BCUT2D eigenvalue weighted by molar-refractivity contribution is 5.80. The lowest BCUT2D eigenvalue weighted by molar-refractivity contribution is -0.137. The quantitative estimate of drug-likeness (QED) is 0.688. The lowest BCUT2D eigenvalue weighted by atomic mass is 10.3.